The minimum Gasteiger partial charge on any atom is -0.478 e. The molecule has 4 nitrogen and oxygen atoms in total. The molecule has 0 spiro atoms. The lowest BCUT2D eigenvalue weighted by molar-refractivity contribution is 0.00578. The molecule has 5 heteroatoms. The SMILES string of the molecule is CC1(C)OB(c2cccc(C(=O)O)c2)OC1(C)C. The van der Waals surface area contributed by atoms with Gasteiger partial charge in [-0.15, -0.1) is 0 Å². The van der Waals surface area contributed by atoms with Crippen LogP contribution in [-0.4, -0.2) is 29.4 Å². The Labute approximate surface area is 107 Å². The molecule has 18 heavy (non-hydrogen) atoms. The largest absolute Gasteiger partial charge is 0.494 e. The number of rotatable bonds is 2. The van der Waals surface area contributed by atoms with Gasteiger partial charge < -0.3 is 14.4 Å². The molecule has 0 atom stereocenters. The fourth-order valence-electron chi connectivity index (χ4n) is 1.80. The van der Waals surface area contributed by atoms with Crippen LogP contribution in [0, 0.1) is 0 Å². The van der Waals surface area contributed by atoms with Crippen LogP contribution in [0.15, 0.2) is 24.3 Å². The number of hydrogen-bond donors (Lipinski definition) is 1. The van der Waals surface area contributed by atoms with Gasteiger partial charge in [-0.1, -0.05) is 12.1 Å². The summed E-state index contributed by atoms with van der Waals surface area (Å²) in [4.78, 5) is 10.9. The summed E-state index contributed by atoms with van der Waals surface area (Å²) in [6.45, 7) is 7.87. The van der Waals surface area contributed by atoms with Crippen molar-refractivity contribution in [2.75, 3.05) is 0 Å². The van der Waals surface area contributed by atoms with Gasteiger partial charge in [0, 0.05) is 0 Å². The van der Waals surface area contributed by atoms with Gasteiger partial charge in [-0.05, 0) is 45.3 Å². The van der Waals surface area contributed by atoms with Gasteiger partial charge >= 0.3 is 13.1 Å². The molecule has 0 radical (unpaired) electrons. The molecular weight excluding hydrogens is 231 g/mol. The molecule has 0 saturated carbocycles. The van der Waals surface area contributed by atoms with Crippen LogP contribution in [0.3, 0.4) is 0 Å². The molecule has 2 rings (SSSR count). The van der Waals surface area contributed by atoms with Crippen molar-refractivity contribution in [1.82, 2.24) is 0 Å². The molecule has 0 unspecified atom stereocenters. The predicted octanol–water partition coefficient (Wildman–Crippen LogP) is 1.68. The van der Waals surface area contributed by atoms with E-state index in [4.69, 9.17) is 14.4 Å². The maximum atomic E-state index is 10.9. The lowest BCUT2D eigenvalue weighted by Crippen LogP contribution is -2.41. The number of aromatic carboxylic acids is 1. The van der Waals surface area contributed by atoms with Crippen molar-refractivity contribution >= 4 is 18.6 Å². The van der Waals surface area contributed by atoms with Crippen molar-refractivity contribution < 1.29 is 19.2 Å². The van der Waals surface area contributed by atoms with Crippen LogP contribution in [0.5, 0.6) is 0 Å². The van der Waals surface area contributed by atoms with Gasteiger partial charge in [-0.25, -0.2) is 4.79 Å². The topological polar surface area (TPSA) is 55.8 Å². The van der Waals surface area contributed by atoms with E-state index in [1.165, 1.54) is 0 Å². The van der Waals surface area contributed by atoms with Gasteiger partial charge in [0.1, 0.15) is 0 Å². The minimum atomic E-state index is -0.951. The van der Waals surface area contributed by atoms with Crippen molar-refractivity contribution in [3.63, 3.8) is 0 Å². The van der Waals surface area contributed by atoms with E-state index < -0.39 is 24.3 Å². The maximum absolute atomic E-state index is 10.9. The summed E-state index contributed by atoms with van der Waals surface area (Å²) in [5.74, 6) is -0.951. The Morgan fingerprint density at radius 2 is 1.72 bits per heavy atom. The first kappa shape index (κ1) is 13.1. The van der Waals surface area contributed by atoms with Crippen LogP contribution in [-0.2, 0) is 9.31 Å². The van der Waals surface area contributed by atoms with Gasteiger partial charge in [0.25, 0.3) is 0 Å². The average molecular weight is 248 g/mol. The molecule has 1 fully saturated rings. The second-order valence-corrected chi connectivity index (χ2v) is 5.52. The highest BCUT2D eigenvalue weighted by Gasteiger charge is 2.51. The van der Waals surface area contributed by atoms with Gasteiger partial charge in [0.05, 0.1) is 16.8 Å². The van der Waals surface area contributed by atoms with Crippen LogP contribution < -0.4 is 5.46 Å². The zero-order valence-electron chi connectivity index (χ0n) is 11.1. The molecule has 1 N–H and O–H groups in total. The van der Waals surface area contributed by atoms with Crippen molar-refractivity contribution in [3.05, 3.63) is 29.8 Å². The third kappa shape index (κ3) is 2.16. The third-order valence-electron chi connectivity index (χ3n) is 3.66. The Morgan fingerprint density at radius 3 is 2.22 bits per heavy atom. The van der Waals surface area contributed by atoms with E-state index in [9.17, 15) is 4.79 Å². The normalized spacial score (nSPS) is 21.0. The minimum absolute atomic E-state index is 0.238. The fourth-order valence-corrected chi connectivity index (χ4v) is 1.80. The molecule has 1 aliphatic rings. The van der Waals surface area contributed by atoms with E-state index in [-0.39, 0.29) is 5.56 Å². The summed E-state index contributed by atoms with van der Waals surface area (Å²) in [7, 11) is -0.519. The number of carboxylic acids is 1. The first-order chi connectivity index (χ1) is 8.23. The summed E-state index contributed by atoms with van der Waals surface area (Å²) in [5, 5.41) is 8.98. The highest BCUT2D eigenvalue weighted by Crippen LogP contribution is 2.36. The zero-order chi connectivity index (χ0) is 13.6. The van der Waals surface area contributed by atoms with Crippen molar-refractivity contribution in [2.24, 2.45) is 0 Å². The van der Waals surface area contributed by atoms with Crippen LogP contribution in [0.4, 0.5) is 0 Å². The van der Waals surface area contributed by atoms with Crippen LogP contribution in [0.25, 0.3) is 0 Å². The highest BCUT2D eigenvalue weighted by molar-refractivity contribution is 6.62. The predicted molar refractivity (Wildman–Crippen MR) is 69.1 cm³/mol. The van der Waals surface area contributed by atoms with E-state index in [1.54, 1.807) is 18.2 Å². The number of carbonyl (C=O) groups is 1. The standard InChI is InChI=1S/C13H17BO4/c1-12(2)13(3,4)18-14(17-12)10-7-5-6-9(8-10)11(15)16/h5-8H,1-4H3,(H,15,16). The quantitative estimate of drug-likeness (QED) is 0.809. The monoisotopic (exact) mass is 248 g/mol. The first-order valence-corrected chi connectivity index (χ1v) is 5.92. The van der Waals surface area contributed by atoms with Crippen molar-refractivity contribution in [1.29, 1.82) is 0 Å². The Bertz CT molecular complexity index is 466. The Kier molecular flexibility index (Phi) is 2.99. The highest BCUT2D eigenvalue weighted by atomic mass is 16.7. The second-order valence-electron chi connectivity index (χ2n) is 5.52. The summed E-state index contributed by atoms with van der Waals surface area (Å²) in [5.41, 5.74) is 0.129. The molecule has 0 aromatic heterocycles. The smallest absolute Gasteiger partial charge is 0.478 e. The number of hydrogen-bond acceptors (Lipinski definition) is 3. The van der Waals surface area contributed by atoms with Gasteiger partial charge in [-0.2, -0.15) is 0 Å². The summed E-state index contributed by atoms with van der Waals surface area (Å²) in [6, 6.07) is 6.65. The van der Waals surface area contributed by atoms with E-state index in [1.807, 2.05) is 33.8 Å². The lowest BCUT2D eigenvalue weighted by Gasteiger charge is -2.32. The molecule has 1 aromatic carbocycles. The van der Waals surface area contributed by atoms with E-state index in [0.29, 0.717) is 0 Å². The fraction of sp³-hybridized carbons (Fsp3) is 0.462. The van der Waals surface area contributed by atoms with Crippen LogP contribution in [0.2, 0.25) is 0 Å². The molecule has 0 bridgehead atoms. The van der Waals surface area contributed by atoms with E-state index in [0.717, 1.165) is 5.46 Å². The average Bonchev–Trinajstić information content (AvgIpc) is 2.48. The number of benzene rings is 1. The lowest BCUT2D eigenvalue weighted by atomic mass is 9.78. The first-order valence-electron chi connectivity index (χ1n) is 5.92. The molecule has 1 aliphatic heterocycles. The van der Waals surface area contributed by atoms with E-state index in [2.05, 4.69) is 0 Å². The zero-order valence-corrected chi connectivity index (χ0v) is 11.1. The summed E-state index contributed by atoms with van der Waals surface area (Å²) in [6.07, 6.45) is 0. The molecule has 0 amide bonds. The van der Waals surface area contributed by atoms with Crippen molar-refractivity contribution in [3.8, 4) is 0 Å². The van der Waals surface area contributed by atoms with Gasteiger partial charge in [0.15, 0.2) is 0 Å². The number of carboxylic acid groups (broad SMARTS) is 1. The summed E-state index contributed by atoms with van der Waals surface area (Å²) < 4.78 is 11.7. The second kappa shape index (κ2) is 4.11. The third-order valence-corrected chi connectivity index (χ3v) is 3.66. The Morgan fingerprint density at radius 1 is 1.17 bits per heavy atom. The van der Waals surface area contributed by atoms with Crippen LogP contribution >= 0.6 is 0 Å². The van der Waals surface area contributed by atoms with E-state index >= 15 is 0 Å². The summed E-state index contributed by atoms with van der Waals surface area (Å²) >= 11 is 0. The van der Waals surface area contributed by atoms with Crippen molar-refractivity contribution in [2.45, 2.75) is 38.9 Å². The maximum Gasteiger partial charge on any atom is 0.494 e. The Hall–Kier alpha value is -1.33. The van der Waals surface area contributed by atoms with Crippen LogP contribution in [0.1, 0.15) is 38.1 Å². The molecule has 1 saturated heterocycles. The molecule has 96 valence electrons. The Balaban J connectivity index is 2.30. The molecule has 1 aromatic rings. The van der Waals surface area contributed by atoms with Gasteiger partial charge in [-0.3, -0.25) is 0 Å². The molecule has 1 heterocycles. The van der Waals surface area contributed by atoms with Gasteiger partial charge in [0.2, 0.25) is 0 Å². The molecule has 0 aliphatic carbocycles. The molecular formula is C13H17BO4.